The minimum Gasteiger partial charge on any atom is -0.458 e. The smallest absolute Gasteiger partial charge is 0.309 e. The molecule has 0 aliphatic carbocycles. The Balaban J connectivity index is 1.75. The van der Waals surface area contributed by atoms with Crippen LogP contribution in [0.5, 0.6) is 0 Å². The molecular weight excluding hydrogens is 430 g/mol. The molecule has 7 atom stereocenters. The van der Waals surface area contributed by atoms with Crippen LogP contribution in [0.1, 0.15) is 70.0 Å². The summed E-state index contributed by atoms with van der Waals surface area (Å²) in [4.78, 5) is 29.8. The first-order valence-electron chi connectivity index (χ1n) is 11.5. The number of nitrogens with zero attached hydrogens (tertiary/aromatic N) is 1. The van der Waals surface area contributed by atoms with Crippen LogP contribution in [0.2, 0.25) is 0 Å². The van der Waals surface area contributed by atoms with Gasteiger partial charge in [0, 0.05) is 23.6 Å². The number of ketones is 1. The lowest BCUT2D eigenvalue weighted by atomic mass is 9.85. The number of hydrogen-bond acceptors (Lipinski definition) is 8. The van der Waals surface area contributed by atoms with Gasteiger partial charge in [-0.2, -0.15) is 0 Å². The minimum atomic E-state index is -1.16. The van der Waals surface area contributed by atoms with Gasteiger partial charge in [0.15, 0.2) is 0 Å². The van der Waals surface area contributed by atoms with Crippen molar-refractivity contribution in [2.45, 2.75) is 96.7 Å². The van der Waals surface area contributed by atoms with Crippen LogP contribution >= 0.6 is 11.3 Å². The molecule has 2 fully saturated rings. The van der Waals surface area contributed by atoms with E-state index in [2.05, 4.69) is 4.98 Å². The van der Waals surface area contributed by atoms with Crippen molar-refractivity contribution in [3.8, 4) is 0 Å². The Hall–Kier alpha value is -1.61. The fourth-order valence-corrected chi connectivity index (χ4v) is 4.82. The number of aryl methyl sites for hydroxylation is 1. The number of aliphatic hydroxyl groups is 2. The Morgan fingerprint density at radius 3 is 2.50 bits per heavy atom. The molecule has 0 saturated carbocycles. The monoisotopic (exact) mass is 465 g/mol. The highest BCUT2D eigenvalue weighted by molar-refractivity contribution is 7.09. The number of carbonyl (C=O) groups is 2. The number of esters is 1. The lowest BCUT2D eigenvalue weighted by Crippen LogP contribution is -2.37. The summed E-state index contributed by atoms with van der Waals surface area (Å²) >= 11 is 1.56. The largest absolute Gasteiger partial charge is 0.458 e. The maximum absolute atomic E-state index is 12.7. The molecule has 3 rings (SSSR count). The fourth-order valence-electron chi connectivity index (χ4n) is 4.25. The van der Waals surface area contributed by atoms with Crippen molar-refractivity contribution in [1.29, 1.82) is 0 Å². The molecule has 7 nitrogen and oxygen atoms in total. The minimum absolute atomic E-state index is 0.0236. The Kier molecular flexibility index (Phi) is 8.61. The highest BCUT2D eigenvalue weighted by atomic mass is 32.1. The van der Waals surface area contributed by atoms with E-state index in [4.69, 9.17) is 9.47 Å². The molecule has 0 aromatic carbocycles. The van der Waals surface area contributed by atoms with Gasteiger partial charge in [-0.3, -0.25) is 9.59 Å². The molecular formula is C24H35NO6S. The number of cyclic esters (lactones) is 1. The number of ether oxygens (including phenoxy) is 2. The van der Waals surface area contributed by atoms with E-state index in [1.807, 2.05) is 25.3 Å². The average molecular weight is 466 g/mol. The molecule has 0 spiro atoms. The lowest BCUT2D eigenvalue weighted by molar-refractivity contribution is -0.151. The summed E-state index contributed by atoms with van der Waals surface area (Å²) in [6.07, 6.45) is 3.07. The fraction of sp³-hybridized carbons (Fsp3) is 0.708. The molecule has 32 heavy (non-hydrogen) atoms. The predicted molar refractivity (Wildman–Crippen MR) is 122 cm³/mol. The van der Waals surface area contributed by atoms with Gasteiger partial charge in [-0.15, -0.1) is 11.3 Å². The molecule has 0 bridgehead atoms. The number of carbonyl (C=O) groups excluding carboxylic acids is 2. The highest BCUT2D eigenvalue weighted by Gasteiger charge is 2.41. The molecule has 0 radical (unpaired) electrons. The van der Waals surface area contributed by atoms with E-state index < -0.39 is 36.1 Å². The molecule has 8 heteroatoms. The maximum Gasteiger partial charge on any atom is 0.309 e. The molecule has 2 aliphatic rings. The van der Waals surface area contributed by atoms with Gasteiger partial charge in [0.2, 0.25) is 0 Å². The number of aromatic nitrogens is 1. The van der Waals surface area contributed by atoms with Crippen LogP contribution in [0.3, 0.4) is 0 Å². The Bertz CT molecular complexity index is 836. The Morgan fingerprint density at radius 2 is 1.81 bits per heavy atom. The number of fused-ring (bicyclic) bond motifs is 1. The summed E-state index contributed by atoms with van der Waals surface area (Å²) < 4.78 is 11.6. The number of hydrogen-bond donors (Lipinski definition) is 2. The normalized spacial score (nSPS) is 35.8. The molecule has 0 amide bonds. The second kappa shape index (κ2) is 11.0. The molecule has 2 aliphatic heterocycles. The summed E-state index contributed by atoms with van der Waals surface area (Å²) in [7, 11) is 0. The van der Waals surface area contributed by atoms with Crippen molar-refractivity contribution in [2.24, 2.45) is 11.8 Å². The van der Waals surface area contributed by atoms with Crippen LogP contribution < -0.4 is 0 Å². The number of Topliss-reactive ketones (excluding diaryl/α,β-unsaturated/α-hetero) is 1. The first-order valence-corrected chi connectivity index (χ1v) is 12.4. The molecule has 178 valence electrons. The van der Waals surface area contributed by atoms with Gasteiger partial charge in [0.1, 0.15) is 11.9 Å². The van der Waals surface area contributed by atoms with Crippen molar-refractivity contribution in [2.75, 3.05) is 0 Å². The van der Waals surface area contributed by atoms with E-state index in [0.717, 1.165) is 35.5 Å². The lowest BCUT2D eigenvalue weighted by Gasteiger charge is -2.25. The van der Waals surface area contributed by atoms with Crippen molar-refractivity contribution in [3.05, 3.63) is 21.7 Å². The molecule has 3 heterocycles. The third-order valence-corrected chi connectivity index (χ3v) is 7.39. The van der Waals surface area contributed by atoms with Crippen LogP contribution in [0.25, 0.3) is 6.08 Å². The van der Waals surface area contributed by atoms with E-state index in [9.17, 15) is 19.8 Å². The van der Waals surface area contributed by atoms with Gasteiger partial charge in [-0.05, 0) is 38.3 Å². The van der Waals surface area contributed by atoms with E-state index in [1.54, 1.807) is 25.2 Å². The highest BCUT2D eigenvalue weighted by Crippen LogP contribution is 2.34. The molecule has 1 aromatic heterocycles. The van der Waals surface area contributed by atoms with Crippen LogP contribution in [-0.4, -0.2) is 57.5 Å². The average Bonchev–Trinajstić information content (AvgIpc) is 3.36. The Morgan fingerprint density at radius 1 is 1.12 bits per heavy atom. The van der Waals surface area contributed by atoms with E-state index in [-0.39, 0.29) is 24.4 Å². The maximum atomic E-state index is 12.7. The standard InChI is InChI=1S/C24H35NO6S/c1-13(9-17-12-32-16(4)25-17)21-11-22-20(30-22)8-6-5-7-18(26)14(2)24(29)15(3)19(27)10-23(28)31-21/h9,12,14-15,18-22,26-27H,5-8,10-11H2,1-4H3/b13-9+/t14-,15-,18+,19?,20?,21?,22?/m1/s1. The number of rotatable bonds is 2. The van der Waals surface area contributed by atoms with Gasteiger partial charge >= 0.3 is 5.97 Å². The summed E-state index contributed by atoms with van der Waals surface area (Å²) in [5.41, 5.74) is 1.70. The van der Waals surface area contributed by atoms with Crippen LogP contribution in [0.4, 0.5) is 0 Å². The Labute approximate surface area is 193 Å². The van der Waals surface area contributed by atoms with E-state index >= 15 is 0 Å². The van der Waals surface area contributed by atoms with E-state index in [1.165, 1.54) is 0 Å². The predicted octanol–water partition coefficient (Wildman–Crippen LogP) is 3.45. The first kappa shape index (κ1) is 25.0. The number of thiazole rings is 1. The second-order valence-electron chi connectivity index (χ2n) is 9.21. The van der Waals surface area contributed by atoms with Gasteiger partial charge in [0.05, 0.1) is 41.5 Å². The van der Waals surface area contributed by atoms with Crippen LogP contribution in [0.15, 0.2) is 11.0 Å². The number of aliphatic hydroxyl groups excluding tert-OH is 2. The van der Waals surface area contributed by atoms with Crippen molar-refractivity contribution in [3.63, 3.8) is 0 Å². The van der Waals surface area contributed by atoms with Gasteiger partial charge in [-0.1, -0.05) is 26.7 Å². The summed E-state index contributed by atoms with van der Waals surface area (Å²) in [6.45, 7) is 7.13. The molecule has 2 saturated heterocycles. The van der Waals surface area contributed by atoms with Crippen molar-refractivity contribution in [1.82, 2.24) is 4.98 Å². The topological polar surface area (TPSA) is 109 Å². The zero-order valence-electron chi connectivity index (χ0n) is 19.3. The van der Waals surface area contributed by atoms with Crippen LogP contribution in [0, 0.1) is 18.8 Å². The summed E-state index contributed by atoms with van der Waals surface area (Å²) in [5.74, 6) is -2.14. The summed E-state index contributed by atoms with van der Waals surface area (Å²) in [6, 6.07) is 0. The second-order valence-corrected chi connectivity index (χ2v) is 10.3. The van der Waals surface area contributed by atoms with Crippen molar-refractivity contribution < 1.29 is 29.3 Å². The first-order chi connectivity index (χ1) is 15.2. The zero-order valence-corrected chi connectivity index (χ0v) is 20.1. The molecule has 1 aromatic rings. The van der Waals surface area contributed by atoms with Gasteiger partial charge in [-0.25, -0.2) is 4.98 Å². The zero-order chi connectivity index (χ0) is 23.4. The number of epoxide rings is 1. The van der Waals surface area contributed by atoms with Gasteiger partial charge in [0.25, 0.3) is 0 Å². The third kappa shape index (κ3) is 6.70. The molecule has 2 N–H and O–H groups in total. The van der Waals surface area contributed by atoms with Crippen LogP contribution in [-0.2, 0) is 19.1 Å². The third-order valence-electron chi connectivity index (χ3n) is 6.59. The van der Waals surface area contributed by atoms with E-state index in [0.29, 0.717) is 12.8 Å². The quantitative estimate of drug-likeness (QED) is 0.508. The van der Waals surface area contributed by atoms with Gasteiger partial charge < -0.3 is 19.7 Å². The molecule has 4 unspecified atom stereocenters. The SMILES string of the molecule is C/C(=C\c1csc(C)n1)C1CC2OC2CCCC[C@H](O)[C@@H](C)C(=O)[C@H](C)C(O)CC(=O)O1. The van der Waals surface area contributed by atoms with Crippen molar-refractivity contribution >= 4 is 29.2 Å². The summed E-state index contributed by atoms with van der Waals surface area (Å²) in [5, 5.41) is 23.8.